The predicted molar refractivity (Wildman–Crippen MR) is 103 cm³/mol. The average Bonchev–Trinajstić information content (AvgIpc) is 2.55. The van der Waals surface area contributed by atoms with Crippen LogP contribution < -0.4 is 10.6 Å². The Kier molecular flexibility index (Phi) is 4.65. The van der Waals surface area contributed by atoms with E-state index in [9.17, 15) is 0 Å². The highest BCUT2D eigenvalue weighted by atomic mass is 15.3. The van der Waals surface area contributed by atoms with Crippen molar-refractivity contribution in [2.75, 3.05) is 10.6 Å². The molecule has 0 fully saturated rings. The molecule has 1 aromatic heterocycles. The normalized spacial score (nSPS) is 11.2. The minimum Gasteiger partial charge on any atom is -0.339 e. The van der Waals surface area contributed by atoms with Gasteiger partial charge in [0.25, 0.3) is 0 Å². The summed E-state index contributed by atoms with van der Waals surface area (Å²) in [4.78, 5) is 4.52. The third-order valence-electron chi connectivity index (χ3n) is 3.83. The molecule has 5 heteroatoms. The molecule has 0 saturated heterocycles. The summed E-state index contributed by atoms with van der Waals surface area (Å²) >= 11 is 0. The summed E-state index contributed by atoms with van der Waals surface area (Å²) in [7, 11) is 0. The van der Waals surface area contributed by atoms with Gasteiger partial charge in [-0.2, -0.15) is 10.1 Å². The monoisotopic (exact) mass is 333 g/mol. The van der Waals surface area contributed by atoms with Crippen LogP contribution in [0.15, 0.2) is 54.7 Å². The molecule has 3 rings (SSSR count). The maximum Gasteiger partial charge on any atom is 0.249 e. The second kappa shape index (κ2) is 6.89. The molecular formula is C20H23N5. The van der Waals surface area contributed by atoms with E-state index >= 15 is 0 Å². The average molecular weight is 333 g/mol. The van der Waals surface area contributed by atoms with Crippen LogP contribution in [-0.4, -0.2) is 15.2 Å². The van der Waals surface area contributed by atoms with E-state index in [1.165, 1.54) is 11.1 Å². The Morgan fingerprint density at radius 3 is 2.48 bits per heavy atom. The highest BCUT2D eigenvalue weighted by molar-refractivity contribution is 5.63. The van der Waals surface area contributed by atoms with Gasteiger partial charge in [-0.1, -0.05) is 51.1 Å². The first kappa shape index (κ1) is 16.9. The standard InChI is InChI=1S/C20H23N5/c1-14-8-7-9-15(12-14)22-19-24-18(13-21-25-19)23-17-11-6-5-10-16(17)20(2,3)4/h5-13H,1-4H3,(H2,22,23,24,25). The Labute approximate surface area is 148 Å². The smallest absolute Gasteiger partial charge is 0.249 e. The fraction of sp³-hybridized carbons (Fsp3) is 0.250. The van der Waals surface area contributed by atoms with Gasteiger partial charge in [-0.05, 0) is 41.7 Å². The number of nitrogens with zero attached hydrogens (tertiary/aromatic N) is 3. The molecule has 2 N–H and O–H groups in total. The maximum absolute atomic E-state index is 4.52. The first-order chi connectivity index (χ1) is 11.9. The van der Waals surface area contributed by atoms with E-state index in [2.05, 4.69) is 64.8 Å². The molecule has 128 valence electrons. The van der Waals surface area contributed by atoms with E-state index in [0.29, 0.717) is 11.8 Å². The molecule has 0 atom stereocenters. The lowest BCUT2D eigenvalue weighted by molar-refractivity contribution is 0.592. The molecule has 2 aromatic carbocycles. The molecule has 0 unspecified atom stereocenters. The minimum atomic E-state index is 0.0344. The fourth-order valence-electron chi connectivity index (χ4n) is 2.65. The van der Waals surface area contributed by atoms with Gasteiger partial charge < -0.3 is 10.6 Å². The van der Waals surface area contributed by atoms with Gasteiger partial charge in [0.1, 0.15) is 0 Å². The van der Waals surface area contributed by atoms with Crippen molar-refractivity contribution in [2.45, 2.75) is 33.1 Å². The number of hydrogen-bond acceptors (Lipinski definition) is 5. The minimum absolute atomic E-state index is 0.0344. The van der Waals surface area contributed by atoms with Gasteiger partial charge in [0, 0.05) is 11.4 Å². The van der Waals surface area contributed by atoms with Gasteiger partial charge in [-0.15, -0.1) is 5.10 Å². The first-order valence-corrected chi connectivity index (χ1v) is 8.32. The third-order valence-corrected chi connectivity index (χ3v) is 3.83. The second-order valence-corrected chi connectivity index (χ2v) is 7.08. The van der Waals surface area contributed by atoms with Gasteiger partial charge in [0.05, 0.1) is 6.20 Å². The van der Waals surface area contributed by atoms with Crippen LogP contribution in [0.1, 0.15) is 31.9 Å². The number of aromatic nitrogens is 3. The van der Waals surface area contributed by atoms with E-state index < -0.39 is 0 Å². The molecule has 0 aliphatic rings. The molecular weight excluding hydrogens is 310 g/mol. The quantitative estimate of drug-likeness (QED) is 0.706. The lowest BCUT2D eigenvalue weighted by Crippen LogP contribution is -2.14. The zero-order valence-electron chi connectivity index (χ0n) is 15.0. The van der Waals surface area contributed by atoms with Crippen LogP contribution in [0.3, 0.4) is 0 Å². The first-order valence-electron chi connectivity index (χ1n) is 8.32. The summed E-state index contributed by atoms with van der Waals surface area (Å²) in [5.41, 5.74) is 4.39. The summed E-state index contributed by atoms with van der Waals surface area (Å²) in [6.07, 6.45) is 1.63. The topological polar surface area (TPSA) is 62.7 Å². The number of rotatable bonds is 4. The van der Waals surface area contributed by atoms with Crippen molar-refractivity contribution in [2.24, 2.45) is 0 Å². The van der Waals surface area contributed by atoms with Crippen LogP contribution in [0.25, 0.3) is 0 Å². The number of benzene rings is 2. The molecule has 0 spiro atoms. The molecule has 3 aromatic rings. The molecule has 0 bridgehead atoms. The number of anilines is 4. The van der Waals surface area contributed by atoms with Gasteiger partial charge >= 0.3 is 0 Å². The summed E-state index contributed by atoms with van der Waals surface area (Å²) in [6, 6.07) is 16.3. The van der Waals surface area contributed by atoms with Crippen LogP contribution in [0.5, 0.6) is 0 Å². The van der Waals surface area contributed by atoms with E-state index in [1.807, 2.05) is 37.3 Å². The van der Waals surface area contributed by atoms with E-state index in [1.54, 1.807) is 6.20 Å². The molecule has 0 saturated carbocycles. The van der Waals surface area contributed by atoms with Gasteiger partial charge in [-0.3, -0.25) is 0 Å². The molecule has 0 aliphatic heterocycles. The van der Waals surface area contributed by atoms with E-state index in [0.717, 1.165) is 11.4 Å². The number of hydrogen-bond donors (Lipinski definition) is 2. The summed E-state index contributed by atoms with van der Waals surface area (Å²) in [5.74, 6) is 1.12. The fourth-order valence-corrected chi connectivity index (χ4v) is 2.65. The van der Waals surface area contributed by atoms with Gasteiger partial charge in [0.15, 0.2) is 5.82 Å². The van der Waals surface area contributed by atoms with E-state index in [-0.39, 0.29) is 5.41 Å². The zero-order valence-corrected chi connectivity index (χ0v) is 15.0. The molecule has 5 nitrogen and oxygen atoms in total. The highest BCUT2D eigenvalue weighted by Crippen LogP contribution is 2.30. The van der Waals surface area contributed by atoms with Crippen molar-refractivity contribution >= 4 is 23.1 Å². The van der Waals surface area contributed by atoms with Gasteiger partial charge in [0.2, 0.25) is 5.95 Å². The number of nitrogens with one attached hydrogen (secondary N) is 2. The van der Waals surface area contributed by atoms with Crippen molar-refractivity contribution in [3.8, 4) is 0 Å². The highest BCUT2D eigenvalue weighted by Gasteiger charge is 2.17. The molecule has 0 radical (unpaired) electrons. The molecule has 1 heterocycles. The van der Waals surface area contributed by atoms with Gasteiger partial charge in [-0.25, -0.2) is 0 Å². The molecule has 25 heavy (non-hydrogen) atoms. The Morgan fingerprint density at radius 2 is 1.72 bits per heavy atom. The zero-order chi connectivity index (χ0) is 17.9. The lowest BCUT2D eigenvalue weighted by atomic mass is 9.86. The largest absolute Gasteiger partial charge is 0.339 e. The van der Waals surface area contributed by atoms with Crippen LogP contribution in [0.4, 0.5) is 23.1 Å². The maximum atomic E-state index is 4.52. The SMILES string of the molecule is Cc1cccc(Nc2nncc(Nc3ccccc3C(C)(C)C)n2)c1. The van der Waals surface area contributed by atoms with Crippen molar-refractivity contribution in [3.05, 3.63) is 65.9 Å². The number of aryl methyl sites for hydroxylation is 1. The number of para-hydroxylation sites is 1. The van der Waals surface area contributed by atoms with Crippen molar-refractivity contribution in [1.29, 1.82) is 0 Å². The Balaban J connectivity index is 1.83. The van der Waals surface area contributed by atoms with Crippen LogP contribution >= 0.6 is 0 Å². The lowest BCUT2D eigenvalue weighted by Gasteiger charge is -2.23. The van der Waals surface area contributed by atoms with Crippen LogP contribution in [0.2, 0.25) is 0 Å². The summed E-state index contributed by atoms with van der Waals surface area (Å²) in [5, 5.41) is 14.7. The summed E-state index contributed by atoms with van der Waals surface area (Å²) in [6.45, 7) is 8.62. The molecule has 0 amide bonds. The summed E-state index contributed by atoms with van der Waals surface area (Å²) < 4.78 is 0. The second-order valence-electron chi connectivity index (χ2n) is 7.08. The van der Waals surface area contributed by atoms with Crippen molar-refractivity contribution in [3.63, 3.8) is 0 Å². The Morgan fingerprint density at radius 1 is 0.920 bits per heavy atom. The van der Waals surface area contributed by atoms with Crippen LogP contribution in [-0.2, 0) is 5.41 Å². The van der Waals surface area contributed by atoms with Crippen molar-refractivity contribution < 1.29 is 0 Å². The van der Waals surface area contributed by atoms with Crippen LogP contribution in [0, 0.1) is 6.92 Å². The van der Waals surface area contributed by atoms with E-state index in [4.69, 9.17) is 0 Å². The third kappa shape index (κ3) is 4.32. The molecule has 0 aliphatic carbocycles. The van der Waals surface area contributed by atoms with Crippen molar-refractivity contribution in [1.82, 2.24) is 15.2 Å². The Hall–Kier alpha value is -2.95. The Bertz CT molecular complexity index is 868. The predicted octanol–water partition coefficient (Wildman–Crippen LogP) is 4.96.